The van der Waals surface area contributed by atoms with Crippen molar-refractivity contribution in [3.05, 3.63) is 16.1 Å². The number of carbonyl (C=O) groups excluding carboxylic acids is 1. The number of aromatic nitrogens is 1. The van der Waals surface area contributed by atoms with Gasteiger partial charge in [-0.05, 0) is 26.7 Å². The lowest BCUT2D eigenvalue weighted by molar-refractivity contribution is -0.149. The summed E-state index contributed by atoms with van der Waals surface area (Å²) in [6.45, 7) is 6.50. The summed E-state index contributed by atoms with van der Waals surface area (Å²) in [5.41, 5.74) is 1.04. The molecule has 22 heavy (non-hydrogen) atoms. The number of rotatable bonds is 4. The van der Waals surface area contributed by atoms with Crippen LogP contribution in [0, 0.1) is 12.8 Å². The zero-order valence-corrected chi connectivity index (χ0v) is 14.3. The van der Waals surface area contributed by atoms with E-state index in [0.717, 1.165) is 36.0 Å². The Kier molecular flexibility index (Phi) is 6.18. The van der Waals surface area contributed by atoms with Crippen LogP contribution in [-0.4, -0.2) is 48.6 Å². The van der Waals surface area contributed by atoms with Gasteiger partial charge in [-0.2, -0.15) is 0 Å². The highest BCUT2D eigenvalue weighted by atomic mass is 32.1. The van der Waals surface area contributed by atoms with Gasteiger partial charge >= 0.3 is 5.97 Å². The first kappa shape index (κ1) is 16.7. The van der Waals surface area contributed by atoms with Crippen molar-refractivity contribution in [2.75, 3.05) is 26.7 Å². The first-order chi connectivity index (χ1) is 10.6. The summed E-state index contributed by atoms with van der Waals surface area (Å²) in [5.74, 6) is 0.661. The third kappa shape index (κ3) is 4.43. The number of thiazole rings is 1. The van der Waals surface area contributed by atoms with Crippen LogP contribution in [0.15, 0.2) is 10.4 Å². The fourth-order valence-corrected chi connectivity index (χ4v) is 3.30. The predicted molar refractivity (Wildman–Crippen MR) is 88.0 cm³/mol. The minimum atomic E-state index is -0.0989. The van der Waals surface area contributed by atoms with E-state index in [2.05, 4.69) is 20.2 Å². The number of hydrogen-bond acceptors (Lipinski definition) is 5. The molecule has 1 aromatic rings. The number of guanidine groups is 1. The molecule has 1 fully saturated rings. The number of nitrogens with zero attached hydrogens (tertiary/aromatic N) is 3. The number of esters is 1. The van der Waals surface area contributed by atoms with E-state index >= 15 is 0 Å². The van der Waals surface area contributed by atoms with Crippen molar-refractivity contribution < 1.29 is 9.53 Å². The predicted octanol–water partition coefficient (Wildman–Crippen LogP) is 1.80. The normalized spacial score (nSPS) is 19.1. The van der Waals surface area contributed by atoms with Crippen LogP contribution in [0.3, 0.4) is 0 Å². The molecule has 1 aliphatic heterocycles. The Hall–Kier alpha value is -1.63. The molecule has 0 amide bonds. The average molecular weight is 324 g/mol. The smallest absolute Gasteiger partial charge is 0.310 e. The fraction of sp³-hybridized carbons (Fsp3) is 0.667. The van der Waals surface area contributed by atoms with Gasteiger partial charge in [-0.1, -0.05) is 0 Å². The first-order valence-corrected chi connectivity index (χ1v) is 8.55. The Bertz CT molecular complexity index is 529. The second-order valence-electron chi connectivity index (χ2n) is 5.32. The highest BCUT2D eigenvalue weighted by Crippen LogP contribution is 2.18. The van der Waals surface area contributed by atoms with Crippen LogP contribution < -0.4 is 5.32 Å². The molecule has 6 nitrogen and oxygen atoms in total. The summed E-state index contributed by atoms with van der Waals surface area (Å²) in [6, 6.07) is 0. The van der Waals surface area contributed by atoms with Crippen molar-refractivity contribution in [3.63, 3.8) is 0 Å². The van der Waals surface area contributed by atoms with Crippen LogP contribution in [0.5, 0.6) is 0 Å². The van der Waals surface area contributed by atoms with Gasteiger partial charge in [0.25, 0.3) is 0 Å². The molecule has 1 saturated heterocycles. The quantitative estimate of drug-likeness (QED) is 0.520. The van der Waals surface area contributed by atoms with E-state index < -0.39 is 0 Å². The Labute approximate surface area is 135 Å². The second-order valence-corrected chi connectivity index (χ2v) is 6.26. The number of aliphatic imine (C=N–C) groups is 1. The molecule has 0 radical (unpaired) electrons. The van der Waals surface area contributed by atoms with Gasteiger partial charge in [-0.15, -0.1) is 11.3 Å². The van der Waals surface area contributed by atoms with Crippen LogP contribution in [-0.2, 0) is 16.1 Å². The van der Waals surface area contributed by atoms with E-state index in [-0.39, 0.29) is 11.9 Å². The Balaban J connectivity index is 1.91. The molecular formula is C15H24N4O2S. The van der Waals surface area contributed by atoms with Crippen LogP contribution in [0.25, 0.3) is 0 Å². The summed E-state index contributed by atoms with van der Waals surface area (Å²) < 4.78 is 5.14. The van der Waals surface area contributed by atoms with Gasteiger partial charge in [0.05, 0.1) is 19.1 Å². The van der Waals surface area contributed by atoms with E-state index in [1.807, 2.05) is 19.2 Å². The third-order valence-electron chi connectivity index (χ3n) is 3.62. The molecule has 2 rings (SSSR count). The lowest BCUT2D eigenvalue weighted by atomic mass is 9.98. The minimum Gasteiger partial charge on any atom is -0.466 e. The zero-order valence-electron chi connectivity index (χ0n) is 13.5. The van der Waals surface area contributed by atoms with E-state index in [4.69, 9.17) is 4.74 Å². The van der Waals surface area contributed by atoms with Gasteiger partial charge in [0.1, 0.15) is 5.01 Å². The third-order valence-corrected chi connectivity index (χ3v) is 4.58. The Morgan fingerprint density at radius 3 is 3.09 bits per heavy atom. The van der Waals surface area contributed by atoms with E-state index in [0.29, 0.717) is 19.7 Å². The van der Waals surface area contributed by atoms with E-state index in [9.17, 15) is 4.79 Å². The number of aryl methyl sites for hydroxylation is 1. The van der Waals surface area contributed by atoms with Crippen molar-refractivity contribution in [1.82, 2.24) is 15.2 Å². The maximum atomic E-state index is 11.9. The summed E-state index contributed by atoms with van der Waals surface area (Å²) >= 11 is 1.64. The average Bonchev–Trinajstić information content (AvgIpc) is 2.94. The van der Waals surface area contributed by atoms with Gasteiger partial charge < -0.3 is 15.0 Å². The lowest BCUT2D eigenvalue weighted by Gasteiger charge is -2.33. The SMILES string of the molecule is CCOC(=O)[C@H]1CCCN(C(=NC)NCc2nc(C)cs2)C1. The molecule has 1 N–H and O–H groups in total. The van der Waals surface area contributed by atoms with Crippen molar-refractivity contribution in [2.45, 2.75) is 33.2 Å². The second kappa shape index (κ2) is 8.12. The molecular weight excluding hydrogens is 300 g/mol. The Morgan fingerprint density at radius 2 is 2.45 bits per heavy atom. The van der Waals surface area contributed by atoms with Crippen molar-refractivity contribution in [2.24, 2.45) is 10.9 Å². The number of nitrogens with one attached hydrogen (secondary N) is 1. The van der Waals surface area contributed by atoms with Crippen LogP contribution in [0.4, 0.5) is 0 Å². The number of hydrogen-bond donors (Lipinski definition) is 1. The van der Waals surface area contributed by atoms with Crippen molar-refractivity contribution >= 4 is 23.3 Å². The fourth-order valence-electron chi connectivity index (χ4n) is 2.59. The monoisotopic (exact) mass is 324 g/mol. The molecule has 7 heteroatoms. The highest BCUT2D eigenvalue weighted by molar-refractivity contribution is 7.09. The molecule has 0 aromatic carbocycles. The molecule has 0 bridgehead atoms. The molecule has 122 valence electrons. The van der Waals surface area contributed by atoms with Crippen LogP contribution in [0.1, 0.15) is 30.5 Å². The summed E-state index contributed by atoms with van der Waals surface area (Å²) in [6.07, 6.45) is 1.86. The van der Waals surface area contributed by atoms with Gasteiger partial charge in [-0.25, -0.2) is 4.98 Å². The maximum Gasteiger partial charge on any atom is 0.310 e. The van der Waals surface area contributed by atoms with Gasteiger partial charge in [0.15, 0.2) is 5.96 Å². The molecule has 0 spiro atoms. The lowest BCUT2D eigenvalue weighted by Crippen LogP contribution is -2.48. The maximum absolute atomic E-state index is 11.9. The number of likely N-dealkylation sites (tertiary alicyclic amines) is 1. The molecule has 2 heterocycles. The van der Waals surface area contributed by atoms with Crippen molar-refractivity contribution in [3.8, 4) is 0 Å². The summed E-state index contributed by atoms with van der Waals surface area (Å²) in [4.78, 5) is 22.8. The molecule has 0 unspecified atom stereocenters. The van der Waals surface area contributed by atoms with E-state index in [1.54, 1.807) is 18.4 Å². The molecule has 0 saturated carbocycles. The molecule has 1 aromatic heterocycles. The highest BCUT2D eigenvalue weighted by Gasteiger charge is 2.28. The summed E-state index contributed by atoms with van der Waals surface area (Å²) in [7, 11) is 1.77. The molecule has 1 atom stereocenters. The van der Waals surface area contributed by atoms with E-state index in [1.165, 1.54) is 0 Å². The molecule has 1 aliphatic rings. The number of ether oxygens (including phenoxy) is 1. The summed E-state index contributed by atoms with van der Waals surface area (Å²) in [5, 5.41) is 6.41. The zero-order chi connectivity index (χ0) is 15.9. The molecule has 0 aliphatic carbocycles. The van der Waals surface area contributed by atoms with Gasteiger partial charge in [0.2, 0.25) is 0 Å². The van der Waals surface area contributed by atoms with Gasteiger partial charge in [-0.3, -0.25) is 9.79 Å². The van der Waals surface area contributed by atoms with Crippen LogP contribution in [0.2, 0.25) is 0 Å². The first-order valence-electron chi connectivity index (χ1n) is 7.67. The minimum absolute atomic E-state index is 0.0608. The van der Waals surface area contributed by atoms with Crippen molar-refractivity contribution in [1.29, 1.82) is 0 Å². The number of carbonyl (C=O) groups is 1. The Morgan fingerprint density at radius 1 is 1.64 bits per heavy atom. The van der Waals surface area contributed by atoms with Crippen LogP contribution >= 0.6 is 11.3 Å². The topological polar surface area (TPSA) is 66.8 Å². The van der Waals surface area contributed by atoms with Gasteiger partial charge in [0, 0.05) is 31.2 Å². The standard InChI is InChI=1S/C15H24N4O2S/c1-4-21-14(20)12-6-5-7-19(9-12)15(16-3)17-8-13-18-11(2)10-22-13/h10,12H,4-9H2,1-3H3,(H,16,17)/t12-/m0/s1. The largest absolute Gasteiger partial charge is 0.466 e. The number of piperidine rings is 1.